The van der Waals surface area contributed by atoms with Crippen molar-refractivity contribution in [3.8, 4) is 5.75 Å². The fraction of sp³-hybridized carbons (Fsp3) is 0.143. The molecule has 0 bridgehead atoms. The number of ether oxygens (including phenoxy) is 1. The van der Waals surface area contributed by atoms with E-state index in [-0.39, 0.29) is 38.0 Å². The summed E-state index contributed by atoms with van der Waals surface area (Å²) in [6, 6.07) is 18.3. The molecule has 1 aromatic heterocycles. The third kappa shape index (κ3) is 6.56. The maximum absolute atomic E-state index is 14.2. The van der Waals surface area contributed by atoms with E-state index < -0.39 is 23.5 Å². The molecule has 206 valence electrons. The van der Waals surface area contributed by atoms with E-state index in [1.165, 1.54) is 48.2 Å². The number of hydrogen-bond acceptors (Lipinski definition) is 8. The molecule has 0 spiro atoms. The third-order valence-electron chi connectivity index (χ3n) is 5.84. The number of carbonyl (C=O) groups is 3. The molecule has 4 rings (SSSR count). The number of thiazole rings is 1. The van der Waals surface area contributed by atoms with Crippen molar-refractivity contribution in [2.24, 2.45) is 5.73 Å². The van der Waals surface area contributed by atoms with Crippen molar-refractivity contribution < 1.29 is 23.5 Å². The highest BCUT2D eigenvalue weighted by Gasteiger charge is 2.28. The van der Waals surface area contributed by atoms with Gasteiger partial charge in [-0.2, -0.15) is 0 Å². The Hall–Kier alpha value is -4.48. The SMILES string of the molecule is C[C@H](C(N)=O)N(c1ccc(Cl)c(F)c1)c1nc(N)c(C(=O)c2ccc(C(=O)NCCOc3ccccc3)cc2)s1. The number of primary amides is 1. The van der Waals surface area contributed by atoms with Gasteiger partial charge in [-0.15, -0.1) is 0 Å². The summed E-state index contributed by atoms with van der Waals surface area (Å²) in [4.78, 5) is 43.5. The summed E-state index contributed by atoms with van der Waals surface area (Å²) < 4.78 is 19.8. The quantitative estimate of drug-likeness (QED) is 0.174. The van der Waals surface area contributed by atoms with Gasteiger partial charge in [-0.25, -0.2) is 9.37 Å². The van der Waals surface area contributed by atoms with Crippen LogP contribution in [0.15, 0.2) is 72.8 Å². The molecule has 3 aromatic carbocycles. The summed E-state index contributed by atoms with van der Waals surface area (Å²) in [5, 5.41) is 2.84. The van der Waals surface area contributed by atoms with E-state index >= 15 is 0 Å². The predicted molar refractivity (Wildman–Crippen MR) is 153 cm³/mol. The van der Waals surface area contributed by atoms with Crippen LogP contribution in [0.4, 0.5) is 21.0 Å². The van der Waals surface area contributed by atoms with Gasteiger partial charge in [0.2, 0.25) is 11.7 Å². The minimum Gasteiger partial charge on any atom is -0.492 e. The molecule has 5 N–H and O–H groups in total. The average molecular weight is 582 g/mol. The van der Waals surface area contributed by atoms with E-state index in [0.29, 0.717) is 24.5 Å². The van der Waals surface area contributed by atoms with Crippen molar-refractivity contribution in [2.45, 2.75) is 13.0 Å². The van der Waals surface area contributed by atoms with Gasteiger partial charge in [-0.1, -0.05) is 53.3 Å². The lowest BCUT2D eigenvalue weighted by Gasteiger charge is -2.26. The molecule has 0 unspecified atom stereocenters. The van der Waals surface area contributed by atoms with E-state index in [2.05, 4.69) is 10.3 Å². The summed E-state index contributed by atoms with van der Waals surface area (Å²) >= 11 is 6.73. The number of hydrogen-bond donors (Lipinski definition) is 3. The van der Waals surface area contributed by atoms with Gasteiger partial charge >= 0.3 is 0 Å². The van der Waals surface area contributed by atoms with Crippen molar-refractivity contribution in [3.63, 3.8) is 0 Å². The van der Waals surface area contributed by atoms with E-state index in [0.717, 1.165) is 17.4 Å². The zero-order valence-corrected chi connectivity index (χ0v) is 22.8. The van der Waals surface area contributed by atoms with Crippen molar-refractivity contribution >= 4 is 57.2 Å². The van der Waals surface area contributed by atoms with Crippen molar-refractivity contribution in [3.05, 3.63) is 99.6 Å². The number of para-hydroxylation sites is 1. The molecule has 1 heterocycles. The minimum atomic E-state index is -0.940. The number of benzene rings is 3. The summed E-state index contributed by atoms with van der Waals surface area (Å²) in [6.45, 7) is 2.12. The number of anilines is 3. The Morgan fingerprint density at radius 1 is 1.07 bits per heavy atom. The van der Waals surface area contributed by atoms with Gasteiger partial charge in [-0.3, -0.25) is 14.4 Å². The lowest BCUT2D eigenvalue weighted by Crippen LogP contribution is -2.40. The molecule has 0 radical (unpaired) electrons. The van der Waals surface area contributed by atoms with Gasteiger partial charge in [0, 0.05) is 16.8 Å². The van der Waals surface area contributed by atoms with Crippen molar-refractivity contribution in [1.82, 2.24) is 10.3 Å². The van der Waals surface area contributed by atoms with Gasteiger partial charge in [0.1, 0.15) is 34.9 Å². The van der Waals surface area contributed by atoms with Gasteiger partial charge < -0.3 is 26.4 Å². The number of ketones is 1. The molecule has 9 nitrogen and oxygen atoms in total. The maximum Gasteiger partial charge on any atom is 0.251 e. The smallest absolute Gasteiger partial charge is 0.251 e. The fourth-order valence-corrected chi connectivity index (χ4v) is 4.87. The monoisotopic (exact) mass is 581 g/mol. The summed E-state index contributed by atoms with van der Waals surface area (Å²) in [7, 11) is 0. The van der Waals surface area contributed by atoms with Crippen LogP contribution in [0.3, 0.4) is 0 Å². The molecule has 2 amide bonds. The largest absolute Gasteiger partial charge is 0.492 e. The Morgan fingerprint density at radius 2 is 1.75 bits per heavy atom. The molecule has 0 aliphatic rings. The molecule has 0 aliphatic heterocycles. The molecule has 0 saturated carbocycles. The molecule has 40 heavy (non-hydrogen) atoms. The number of nitrogens with two attached hydrogens (primary N) is 2. The van der Waals surface area contributed by atoms with E-state index in [4.69, 9.17) is 27.8 Å². The normalized spacial score (nSPS) is 11.5. The maximum atomic E-state index is 14.2. The Morgan fingerprint density at radius 3 is 2.40 bits per heavy atom. The fourth-order valence-electron chi connectivity index (χ4n) is 3.70. The van der Waals surface area contributed by atoms with Gasteiger partial charge in [0.05, 0.1) is 11.6 Å². The molecular weight excluding hydrogens is 557 g/mol. The Labute approximate surface area is 238 Å². The molecule has 12 heteroatoms. The molecule has 0 fully saturated rings. The van der Waals surface area contributed by atoms with Gasteiger partial charge in [-0.05, 0) is 49.4 Å². The number of amides is 2. The van der Waals surface area contributed by atoms with Crippen LogP contribution in [-0.2, 0) is 4.79 Å². The van der Waals surface area contributed by atoms with Crippen LogP contribution in [-0.4, -0.2) is 41.8 Å². The number of nitrogen functional groups attached to an aromatic ring is 1. The molecule has 0 aliphatic carbocycles. The molecular formula is C28H25ClFN5O4S. The highest BCUT2D eigenvalue weighted by molar-refractivity contribution is 7.18. The molecule has 1 atom stereocenters. The van der Waals surface area contributed by atoms with E-state index in [1.807, 2.05) is 30.3 Å². The lowest BCUT2D eigenvalue weighted by atomic mass is 10.1. The summed E-state index contributed by atoms with van der Waals surface area (Å²) in [6.07, 6.45) is 0. The van der Waals surface area contributed by atoms with Crippen LogP contribution in [0.5, 0.6) is 5.75 Å². The number of rotatable bonds is 11. The molecule has 4 aromatic rings. The third-order valence-corrected chi connectivity index (χ3v) is 7.22. The number of halogens is 2. The Balaban J connectivity index is 1.47. The van der Waals surface area contributed by atoms with E-state index in [1.54, 1.807) is 0 Å². The Kier molecular flexibility index (Phi) is 8.97. The van der Waals surface area contributed by atoms with E-state index in [9.17, 15) is 18.8 Å². The highest BCUT2D eigenvalue weighted by atomic mass is 35.5. The van der Waals surface area contributed by atoms with Crippen molar-refractivity contribution in [1.29, 1.82) is 0 Å². The lowest BCUT2D eigenvalue weighted by molar-refractivity contribution is -0.118. The number of nitrogens with one attached hydrogen (secondary N) is 1. The first-order valence-corrected chi connectivity index (χ1v) is 13.3. The second-order valence-electron chi connectivity index (χ2n) is 8.58. The van der Waals surface area contributed by atoms with Gasteiger partial charge in [0.25, 0.3) is 5.91 Å². The molecule has 0 saturated heterocycles. The van der Waals surface area contributed by atoms with Crippen LogP contribution in [0.2, 0.25) is 5.02 Å². The average Bonchev–Trinajstić information content (AvgIpc) is 3.33. The highest BCUT2D eigenvalue weighted by Crippen LogP contribution is 2.36. The number of nitrogens with zero attached hydrogens (tertiary/aromatic N) is 2. The second kappa shape index (κ2) is 12.6. The van der Waals surface area contributed by atoms with Gasteiger partial charge in [0.15, 0.2) is 5.13 Å². The van der Waals surface area contributed by atoms with Crippen LogP contribution in [0, 0.1) is 5.82 Å². The Bertz CT molecular complexity index is 1530. The van der Waals surface area contributed by atoms with Crippen LogP contribution in [0.25, 0.3) is 0 Å². The first-order chi connectivity index (χ1) is 19.2. The second-order valence-corrected chi connectivity index (χ2v) is 9.97. The predicted octanol–water partition coefficient (Wildman–Crippen LogP) is 4.57. The zero-order valence-electron chi connectivity index (χ0n) is 21.3. The first kappa shape index (κ1) is 28.5. The zero-order chi connectivity index (χ0) is 28.8. The van der Waals surface area contributed by atoms with Crippen molar-refractivity contribution in [2.75, 3.05) is 23.8 Å². The topological polar surface area (TPSA) is 141 Å². The number of carbonyl (C=O) groups excluding carboxylic acids is 3. The standard InChI is InChI=1S/C28H25ClFN5O4S/c1-16(26(32)37)35(19-11-12-21(29)22(30)15-19)28-34-25(31)24(40-28)23(36)17-7-9-18(10-8-17)27(38)33-13-14-39-20-5-3-2-4-6-20/h2-12,15-16H,13-14,31H2,1H3,(H2,32,37)(H,33,38)/t16-/m1/s1. The first-order valence-electron chi connectivity index (χ1n) is 12.1. The van der Waals surface area contributed by atoms with Crippen LogP contribution in [0.1, 0.15) is 32.5 Å². The van der Waals surface area contributed by atoms with Crippen LogP contribution >= 0.6 is 22.9 Å². The summed E-state index contributed by atoms with van der Waals surface area (Å²) in [5.41, 5.74) is 12.5. The minimum absolute atomic E-state index is 0.0682. The summed E-state index contributed by atoms with van der Waals surface area (Å²) in [5.74, 6) is -1.51. The van der Waals surface area contributed by atoms with Crippen LogP contribution < -0.4 is 26.4 Å². The number of aromatic nitrogens is 1.